The Hall–Kier alpha value is -0.170. The monoisotopic (exact) mass is 259 g/mol. The Morgan fingerprint density at radius 2 is 1.71 bits per heavy atom. The molecular weight excluding hydrogens is 238 g/mol. The smallest absolute Gasteiger partial charge is 0.279 e. The number of piperidine rings is 1. The minimum atomic E-state index is -3.26. The molecule has 1 aliphatic carbocycles. The molecule has 98 valence electrons. The fourth-order valence-electron chi connectivity index (χ4n) is 3.02. The summed E-state index contributed by atoms with van der Waals surface area (Å²) >= 11 is 0. The van der Waals surface area contributed by atoms with E-state index in [1.807, 2.05) is 0 Å². The summed E-state index contributed by atoms with van der Waals surface area (Å²) in [6, 6.07) is 1.42. The van der Waals surface area contributed by atoms with E-state index in [1.54, 1.807) is 11.4 Å². The molecule has 2 atom stereocenters. The van der Waals surface area contributed by atoms with Crippen molar-refractivity contribution in [2.24, 2.45) is 0 Å². The van der Waals surface area contributed by atoms with Gasteiger partial charge < -0.3 is 5.32 Å². The van der Waals surface area contributed by atoms with Crippen molar-refractivity contribution >= 4 is 10.2 Å². The van der Waals surface area contributed by atoms with Gasteiger partial charge in [0.05, 0.1) is 0 Å². The van der Waals surface area contributed by atoms with E-state index >= 15 is 0 Å². The average molecular weight is 259 g/mol. The SMILES string of the molecule is CN(C1CC2CCC(C1)N2)S(=O)(=O)NC1CC1. The van der Waals surface area contributed by atoms with Gasteiger partial charge in [-0.15, -0.1) is 0 Å². The van der Waals surface area contributed by atoms with E-state index in [0.29, 0.717) is 12.1 Å². The molecule has 0 aromatic carbocycles. The Kier molecular flexibility index (Phi) is 2.93. The van der Waals surface area contributed by atoms with Gasteiger partial charge in [0.25, 0.3) is 10.2 Å². The van der Waals surface area contributed by atoms with E-state index in [9.17, 15) is 8.42 Å². The maximum absolute atomic E-state index is 12.1. The lowest BCUT2D eigenvalue weighted by Gasteiger charge is -2.34. The maximum Gasteiger partial charge on any atom is 0.279 e. The van der Waals surface area contributed by atoms with Crippen LogP contribution in [0.5, 0.6) is 0 Å². The molecule has 3 rings (SSSR count). The normalized spacial score (nSPS) is 37.6. The van der Waals surface area contributed by atoms with Crippen molar-refractivity contribution < 1.29 is 8.42 Å². The Morgan fingerprint density at radius 1 is 1.12 bits per heavy atom. The summed E-state index contributed by atoms with van der Waals surface area (Å²) in [5, 5.41) is 3.54. The highest BCUT2D eigenvalue weighted by molar-refractivity contribution is 7.87. The molecule has 2 N–H and O–H groups in total. The quantitative estimate of drug-likeness (QED) is 0.758. The highest BCUT2D eigenvalue weighted by Gasteiger charge is 2.39. The third-order valence-electron chi connectivity index (χ3n) is 4.23. The van der Waals surface area contributed by atoms with E-state index in [1.165, 1.54) is 12.8 Å². The van der Waals surface area contributed by atoms with Gasteiger partial charge in [0.2, 0.25) is 0 Å². The van der Waals surface area contributed by atoms with E-state index in [0.717, 1.165) is 25.7 Å². The minimum absolute atomic E-state index is 0.171. The Labute approximate surface area is 103 Å². The zero-order chi connectivity index (χ0) is 12.0. The van der Waals surface area contributed by atoms with E-state index in [4.69, 9.17) is 0 Å². The van der Waals surface area contributed by atoms with E-state index < -0.39 is 10.2 Å². The molecule has 0 aromatic rings. The zero-order valence-corrected chi connectivity index (χ0v) is 11.0. The Morgan fingerprint density at radius 3 is 2.24 bits per heavy atom. The number of nitrogens with one attached hydrogen (secondary N) is 2. The first-order chi connectivity index (χ1) is 8.04. The number of nitrogens with zero attached hydrogens (tertiary/aromatic N) is 1. The first-order valence-corrected chi connectivity index (χ1v) is 8.00. The number of hydrogen-bond acceptors (Lipinski definition) is 3. The standard InChI is InChI=1S/C11H21N3O2S/c1-14(17(15,16)13-8-2-3-8)11-6-9-4-5-10(7-11)12-9/h8-13H,2-7H2,1H3. The first kappa shape index (κ1) is 11.9. The van der Waals surface area contributed by atoms with E-state index in [-0.39, 0.29) is 12.1 Å². The second-order valence-electron chi connectivity index (χ2n) is 5.68. The maximum atomic E-state index is 12.1. The molecule has 5 nitrogen and oxygen atoms in total. The van der Waals surface area contributed by atoms with Crippen LogP contribution in [0.1, 0.15) is 38.5 Å². The molecule has 2 aliphatic heterocycles. The second kappa shape index (κ2) is 4.19. The highest BCUT2D eigenvalue weighted by atomic mass is 32.2. The lowest BCUT2D eigenvalue weighted by atomic mass is 10.0. The lowest BCUT2D eigenvalue weighted by Crippen LogP contribution is -2.51. The van der Waals surface area contributed by atoms with Gasteiger partial charge in [0, 0.05) is 31.2 Å². The van der Waals surface area contributed by atoms with Crippen molar-refractivity contribution in [3.63, 3.8) is 0 Å². The molecule has 0 amide bonds. The van der Waals surface area contributed by atoms with Gasteiger partial charge >= 0.3 is 0 Å². The van der Waals surface area contributed by atoms with Crippen LogP contribution >= 0.6 is 0 Å². The van der Waals surface area contributed by atoms with Crippen molar-refractivity contribution in [1.29, 1.82) is 0 Å². The molecule has 0 aromatic heterocycles. The molecule has 2 unspecified atom stereocenters. The summed E-state index contributed by atoms with van der Waals surface area (Å²) in [6.45, 7) is 0. The Balaban J connectivity index is 1.66. The number of hydrogen-bond donors (Lipinski definition) is 2. The molecule has 17 heavy (non-hydrogen) atoms. The lowest BCUT2D eigenvalue weighted by molar-refractivity contribution is 0.249. The second-order valence-corrected chi connectivity index (χ2v) is 7.44. The molecule has 3 fully saturated rings. The fraction of sp³-hybridized carbons (Fsp3) is 1.00. The Bertz CT molecular complexity index is 382. The van der Waals surface area contributed by atoms with Gasteiger partial charge in [-0.2, -0.15) is 17.4 Å². The summed E-state index contributed by atoms with van der Waals surface area (Å²) in [5.41, 5.74) is 0. The van der Waals surface area contributed by atoms with Crippen molar-refractivity contribution in [1.82, 2.24) is 14.3 Å². The third kappa shape index (κ3) is 2.50. The van der Waals surface area contributed by atoms with Gasteiger partial charge in [-0.3, -0.25) is 0 Å². The highest BCUT2D eigenvalue weighted by Crippen LogP contribution is 2.30. The molecule has 2 heterocycles. The molecule has 3 aliphatic rings. The third-order valence-corrected chi connectivity index (χ3v) is 5.92. The van der Waals surface area contributed by atoms with Gasteiger partial charge in [-0.1, -0.05) is 0 Å². The predicted octanol–water partition coefficient (Wildman–Crippen LogP) is 0.198. The van der Waals surface area contributed by atoms with Crippen molar-refractivity contribution in [2.75, 3.05) is 7.05 Å². The number of fused-ring (bicyclic) bond motifs is 2. The van der Waals surface area contributed by atoms with Gasteiger partial charge in [-0.05, 0) is 38.5 Å². The molecule has 0 spiro atoms. The molecular formula is C11H21N3O2S. The minimum Gasteiger partial charge on any atom is -0.311 e. The van der Waals surface area contributed by atoms with Crippen LogP contribution in [0.2, 0.25) is 0 Å². The zero-order valence-electron chi connectivity index (χ0n) is 10.2. The van der Waals surface area contributed by atoms with Crippen LogP contribution in [0, 0.1) is 0 Å². The summed E-state index contributed by atoms with van der Waals surface area (Å²) in [7, 11) is -1.54. The average Bonchev–Trinajstić information content (AvgIpc) is 3.02. The van der Waals surface area contributed by atoms with Crippen molar-refractivity contribution in [3.8, 4) is 0 Å². The van der Waals surface area contributed by atoms with Crippen LogP contribution in [0.25, 0.3) is 0 Å². The summed E-state index contributed by atoms with van der Waals surface area (Å²) < 4.78 is 28.5. The van der Waals surface area contributed by atoms with Crippen LogP contribution in [0.4, 0.5) is 0 Å². The van der Waals surface area contributed by atoms with Crippen LogP contribution in [-0.4, -0.2) is 43.9 Å². The molecule has 0 radical (unpaired) electrons. The molecule has 2 saturated heterocycles. The van der Waals surface area contributed by atoms with Crippen LogP contribution < -0.4 is 10.0 Å². The van der Waals surface area contributed by atoms with Crippen molar-refractivity contribution in [3.05, 3.63) is 0 Å². The van der Waals surface area contributed by atoms with Gasteiger partial charge in [-0.25, -0.2) is 0 Å². The molecule has 2 bridgehead atoms. The van der Waals surface area contributed by atoms with Gasteiger partial charge in [0.15, 0.2) is 0 Å². The van der Waals surface area contributed by atoms with Crippen molar-refractivity contribution in [2.45, 2.75) is 62.7 Å². The van der Waals surface area contributed by atoms with Gasteiger partial charge in [0.1, 0.15) is 0 Å². The fourth-order valence-corrected chi connectivity index (χ4v) is 4.40. The van der Waals surface area contributed by atoms with E-state index in [2.05, 4.69) is 10.0 Å². The first-order valence-electron chi connectivity index (χ1n) is 6.56. The number of rotatable bonds is 4. The largest absolute Gasteiger partial charge is 0.311 e. The molecule has 6 heteroatoms. The summed E-state index contributed by atoms with van der Waals surface area (Å²) in [6.07, 6.45) is 6.29. The topological polar surface area (TPSA) is 61.4 Å². The predicted molar refractivity (Wildman–Crippen MR) is 65.8 cm³/mol. The van der Waals surface area contributed by atoms with Crippen LogP contribution in [0.3, 0.4) is 0 Å². The van der Waals surface area contributed by atoms with Crippen LogP contribution in [0.15, 0.2) is 0 Å². The van der Waals surface area contributed by atoms with Crippen LogP contribution in [-0.2, 0) is 10.2 Å². The molecule has 1 saturated carbocycles. The summed E-state index contributed by atoms with van der Waals surface area (Å²) in [4.78, 5) is 0. The summed E-state index contributed by atoms with van der Waals surface area (Å²) in [5.74, 6) is 0.